The Bertz CT molecular complexity index is 675. The fourth-order valence-electron chi connectivity index (χ4n) is 4.35. The first-order valence-corrected chi connectivity index (χ1v) is 9.52. The molecule has 0 saturated carbocycles. The molecule has 2 unspecified atom stereocenters. The third kappa shape index (κ3) is 4.71. The van der Waals surface area contributed by atoms with Gasteiger partial charge in [0.1, 0.15) is 6.42 Å². The van der Waals surface area contributed by atoms with Crippen LogP contribution in [-0.4, -0.2) is 55.4 Å². The topological polar surface area (TPSA) is 94.8 Å². The van der Waals surface area contributed by atoms with Crippen LogP contribution < -0.4 is 21.8 Å². The average molecular weight is 400 g/mol. The summed E-state index contributed by atoms with van der Waals surface area (Å²) in [7, 11) is 0. The molecule has 28 heavy (non-hydrogen) atoms. The second-order valence-electron chi connectivity index (χ2n) is 7.53. The van der Waals surface area contributed by atoms with Gasteiger partial charge < -0.3 is 26.7 Å². The second kappa shape index (κ2) is 8.32. The number of alkyl halides is 3. The highest BCUT2D eigenvalue weighted by Crippen LogP contribution is 2.37. The molecule has 0 aromatic carbocycles. The number of amides is 1. The van der Waals surface area contributed by atoms with Crippen molar-refractivity contribution < 1.29 is 18.0 Å². The molecule has 1 amide bonds. The van der Waals surface area contributed by atoms with E-state index in [2.05, 4.69) is 32.5 Å². The van der Waals surface area contributed by atoms with E-state index in [0.717, 1.165) is 37.4 Å². The molecule has 0 aliphatic carbocycles. The largest absolute Gasteiger partial charge is 0.397 e. The molecular formula is C18H27F3N6O. The summed E-state index contributed by atoms with van der Waals surface area (Å²) in [6, 6.07) is -0.321. The van der Waals surface area contributed by atoms with Gasteiger partial charge in [-0.3, -0.25) is 4.79 Å². The lowest BCUT2D eigenvalue weighted by Gasteiger charge is -2.42. The number of nitrogens with two attached hydrogens (primary N) is 1. The van der Waals surface area contributed by atoms with Crippen LogP contribution >= 0.6 is 0 Å². The Morgan fingerprint density at radius 3 is 2.93 bits per heavy atom. The minimum Gasteiger partial charge on any atom is -0.373 e. The molecule has 0 radical (unpaired) electrons. The molecule has 156 valence electrons. The Morgan fingerprint density at radius 2 is 2.21 bits per heavy atom. The Balaban J connectivity index is 1.68. The second-order valence-corrected chi connectivity index (χ2v) is 7.53. The van der Waals surface area contributed by atoms with Crippen LogP contribution in [0.3, 0.4) is 0 Å². The Hall–Kier alpha value is -2.39. The maximum atomic E-state index is 12.4. The zero-order chi connectivity index (χ0) is 20.3. The maximum Gasteiger partial charge on any atom is 0.397 e. The van der Waals surface area contributed by atoms with E-state index in [4.69, 9.17) is 5.84 Å². The van der Waals surface area contributed by atoms with Crippen LogP contribution in [0.4, 0.5) is 13.2 Å². The molecule has 0 aromatic rings. The van der Waals surface area contributed by atoms with Gasteiger partial charge in [-0.15, -0.1) is 0 Å². The number of hydrogen-bond acceptors (Lipinski definition) is 6. The lowest BCUT2D eigenvalue weighted by molar-refractivity contribution is -0.154. The van der Waals surface area contributed by atoms with Crippen LogP contribution in [-0.2, 0) is 4.79 Å². The number of allylic oxidation sites excluding steroid dienone is 1. The number of nitrogens with one attached hydrogen (secondary N) is 3. The van der Waals surface area contributed by atoms with E-state index in [-0.39, 0.29) is 17.9 Å². The first-order chi connectivity index (χ1) is 13.3. The van der Waals surface area contributed by atoms with Crippen molar-refractivity contribution >= 4 is 12.1 Å². The SMILES string of the molecule is C=C(C1C2=C(NCC2)NC[C@H]1/C=N\N)N1CCCC(NC(=O)CC(F)(F)F)C1. The van der Waals surface area contributed by atoms with Crippen LogP contribution in [0, 0.1) is 11.8 Å². The summed E-state index contributed by atoms with van der Waals surface area (Å²) in [5.74, 6) is 5.52. The van der Waals surface area contributed by atoms with Gasteiger partial charge in [0.25, 0.3) is 0 Å². The first-order valence-electron chi connectivity index (χ1n) is 9.52. The van der Waals surface area contributed by atoms with Gasteiger partial charge in [-0.1, -0.05) is 6.58 Å². The van der Waals surface area contributed by atoms with Crippen LogP contribution in [0.15, 0.2) is 28.8 Å². The highest BCUT2D eigenvalue weighted by atomic mass is 19.4. The molecule has 0 bridgehead atoms. The number of hydrogen-bond donors (Lipinski definition) is 4. The van der Waals surface area contributed by atoms with Crippen molar-refractivity contribution in [3.63, 3.8) is 0 Å². The van der Waals surface area contributed by atoms with Gasteiger partial charge >= 0.3 is 6.18 Å². The van der Waals surface area contributed by atoms with Crippen molar-refractivity contribution in [1.29, 1.82) is 0 Å². The van der Waals surface area contributed by atoms with E-state index >= 15 is 0 Å². The number of halogens is 3. The summed E-state index contributed by atoms with van der Waals surface area (Å²) in [4.78, 5) is 13.7. The van der Waals surface area contributed by atoms with Crippen LogP contribution in [0.2, 0.25) is 0 Å². The smallest absolute Gasteiger partial charge is 0.373 e. The predicted octanol–water partition coefficient (Wildman–Crippen LogP) is 1.02. The van der Waals surface area contributed by atoms with Gasteiger partial charge in [0.05, 0.1) is 5.82 Å². The van der Waals surface area contributed by atoms with Crippen LogP contribution in [0.1, 0.15) is 25.7 Å². The lowest BCUT2D eigenvalue weighted by Crippen LogP contribution is -2.50. The molecule has 5 N–H and O–H groups in total. The number of hydrazone groups is 1. The third-order valence-corrected chi connectivity index (χ3v) is 5.53. The molecular weight excluding hydrogens is 373 g/mol. The molecule has 0 spiro atoms. The highest BCUT2D eigenvalue weighted by molar-refractivity contribution is 5.76. The summed E-state index contributed by atoms with van der Waals surface area (Å²) < 4.78 is 37.3. The summed E-state index contributed by atoms with van der Waals surface area (Å²) in [5, 5.41) is 12.9. The molecule has 10 heteroatoms. The summed E-state index contributed by atoms with van der Waals surface area (Å²) >= 11 is 0. The molecule has 3 aliphatic rings. The van der Waals surface area contributed by atoms with Gasteiger partial charge in [0, 0.05) is 56.0 Å². The van der Waals surface area contributed by atoms with E-state index in [1.165, 1.54) is 5.57 Å². The molecule has 3 aliphatic heterocycles. The molecule has 0 aromatic heterocycles. The van der Waals surface area contributed by atoms with Gasteiger partial charge in [-0.2, -0.15) is 18.3 Å². The van der Waals surface area contributed by atoms with Crippen molar-refractivity contribution in [2.75, 3.05) is 26.2 Å². The van der Waals surface area contributed by atoms with Crippen molar-refractivity contribution in [2.24, 2.45) is 22.8 Å². The number of carbonyl (C=O) groups excluding carboxylic acids is 1. The quantitative estimate of drug-likeness (QED) is 0.314. The lowest BCUT2D eigenvalue weighted by atomic mass is 9.80. The summed E-state index contributed by atoms with van der Waals surface area (Å²) in [6.07, 6.45) is -1.90. The standard InChI is InChI=1S/C18H27F3N6O/c1-11(16-12(9-25-22)8-24-17-14(16)4-5-23-17)27-6-2-3-13(10-27)26-15(28)7-18(19,20)21/h9,12-13,16,23-24H,1-8,10,22H2,(H,26,28)/b25-9-/t12-,13?,16?/m0/s1. The van der Waals surface area contributed by atoms with Crippen molar-refractivity contribution in [3.05, 3.63) is 23.7 Å². The van der Waals surface area contributed by atoms with Crippen molar-refractivity contribution in [3.8, 4) is 0 Å². The molecule has 3 rings (SSSR count). The first kappa shape index (κ1) is 20.3. The fourth-order valence-corrected chi connectivity index (χ4v) is 4.35. The summed E-state index contributed by atoms with van der Waals surface area (Å²) in [6.45, 7) is 7.05. The zero-order valence-electron chi connectivity index (χ0n) is 15.7. The van der Waals surface area contributed by atoms with Crippen molar-refractivity contribution in [2.45, 2.75) is 37.9 Å². The monoisotopic (exact) mass is 400 g/mol. The van der Waals surface area contributed by atoms with E-state index in [0.29, 0.717) is 19.5 Å². The van der Waals surface area contributed by atoms with Gasteiger partial charge in [0.15, 0.2) is 0 Å². The normalized spacial score (nSPS) is 28.0. The van der Waals surface area contributed by atoms with E-state index in [1.807, 2.05) is 0 Å². The third-order valence-electron chi connectivity index (χ3n) is 5.53. The van der Waals surface area contributed by atoms with E-state index in [1.54, 1.807) is 6.21 Å². The van der Waals surface area contributed by atoms with Crippen LogP contribution in [0.25, 0.3) is 0 Å². The minimum atomic E-state index is -4.50. The zero-order valence-corrected chi connectivity index (χ0v) is 15.7. The molecule has 3 heterocycles. The Kier molecular flexibility index (Phi) is 6.04. The van der Waals surface area contributed by atoms with Crippen molar-refractivity contribution in [1.82, 2.24) is 20.9 Å². The minimum absolute atomic E-state index is 0.0307. The predicted molar refractivity (Wildman–Crippen MR) is 99.9 cm³/mol. The van der Waals surface area contributed by atoms with E-state index in [9.17, 15) is 18.0 Å². The molecule has 7 nitrogen and oxygen atoms in total. The highest BCUT2D eigenvalue weighted by Gasteiger charge is 2.38. The fraction of sp³-hybridized carbons (Fsp3) is 0.667. The number of nitrogens with zero attached hydrogens (tertiary/aromatic N) is 2. The number of piperidine rings is 1. The number of rotatable bonds is 5. The van der Waals surface area contributed by atoms with Gasteiger partial charge in [-0.25, -0.2) is 0 Å². The molecule has 3 atom stereocenters. The van der Waals surface area contributed by atoms with Crippen LogP contribution in [0.5, 0.6) is 0 Å². The summed E-state index contributed by atoms with van der Waals surface area (Å²) in [5.41, 5.74) is 2.13. The van der Waals surface area contributed by atoms with Gasteiger partial charge in [-0.05, 0) is 24.8 Å². The van der Waals surface area contributed by atoms with E-state index < -0.39 is 18.5 Å². The van der Waals surface area contributed by atoms with Gasteiger partial charge in [0.2, 0.25) is 5.91 Å². The molecule has 1 saturated heterocycles. The number of likely N-dealkylation sites (tertiary alicyclic amines) is 1. The number of carbonyl (C=O) groups is 1. The molecule has 1 fully saturated rings. The Morgan fingerprint density at radius 1 is 1.43 bits per heavy atom. The Labute approximate surface area is 162 Å². The average Bonchev–Trinajstić information content (AvgIpc) is 3.08. The maximum absolute atomic E-state index is 12.4.